The molecule has 0 fully saturated rings. The quantitative estimate of drug-likeness (QED) is 0.600. The Balaban J connectivity index is 2.30. The van der Waals surface area contributed by atoms with Crippen molar-refractivity contribution in [1.82, 2.24) is 0 Å². The van der Waals surface area contributed by atoms with Crippen LogP contribution in [0.15, 0.2) is 41.3 Å². The lowest BCUT2D eigenvalue weighted by Gasteiger charge is -2.29. The molecule has 0 saturated heterocycles. The zero-order valence-corrected chi connectivity index (χ0v) is 19.0. The van der Waals surface area contributed by atoms with Crippen LogP contribution in [-0.2, 0) is 16.4 Å². The Kier molecular flexibility index (Phi) is 5.64. The number of hydrogen-bond donors (Lipinski definition) is 0. The van der Waals surface area contributed by atoms with Crippen molar-refractivity contribution >= 4 is 15.7 Å². The highest BCUT2D eigenvalue weighted by Gasteiger charge is 2.39. The van der Waals surface area contributed by atoms with Gasteiger partial charge in [-0.1, -0.05) is 71.9 Å². The van der Waals surface area contributed by atoms with Crippen LogP contribution in [-0.4, -0.2) is 14.5 Å². The Labute approximate surface area is 170 Å². The minimum atomic E-state index is -3.66. The van der Waals surface area contributed by atoms with Gasteiger partial charge in [0.2, 0.25) is 0 Å². The van der Waals surface area contributed by atoms with Gasteiger partial charge in [0.1, 0.15) is 0 Å². The van der Waals surface area contributed by atoms with Crippen molar-refractivity contribution in [2.24, 2.45) is 0 Å². The summed E-state index contributed by atoms with van der Waals surface area (Å²) in [6.45, 7) is 14.7. The fraction of sp³-hybridized carbons (Fsp3) is 0.500. The van der Waals surface area contributed by atoms with E-state index in [4.69, 9.17) is 0 Å². The van der Waals surface area contributed by atoms with E-state index in [0.29, 0.717) is 10.8 Å². The van der Waals surface area contributed by atoms with Crippen molar-refractivity contribution in [1.29, 1.82) is 0 Å². The first kappa shape index (κ1) is 20.9. The Morgan fingerprint density at radius 3 is 1.93 bits per heavy atom. The zero-order chi connectivity index (χ0) is 20.8. The van der Waals surface area contributed by atoms with Gasteiger partial charge in [-0.15, -0.1) is 0 Å². The van der Waals surface area contributed by atoms with Crippen LogP contribution in [0.4, 0.5) is 5.69 Å². The maximum Gasteiger partial charge on any atom is 0.265 e. The summed E-state index contributed by atoms with van der Waals surface area (Å²) in [7, 11) is -3.66. The van der Waals surface area contributed by atoms with E-state index in [9.17, 15) is 8.42 Å². The molecular weight excluding hydrogens is 366 g/mol. The van der Waals surface area contributed by atoms with Crippen LogP contribution in [0.3, 0.4) is 0 Å². The fourth-order valence-electron chi connectivity index (χ4n) is 4.19. The highest BCUT2D eigenvalue weighted by molar-refractivity contribution is 7.93. The maximum absolute atomic E-state index is 14.1. The van der Waals surface area contributed by atoms with Crippen LogP contribution in [0.5, 0.6) is 0 Å². The smallest absolute Gasteiger partial charge is 0.263 e. The second kappa shape index (κ2) is 7.55. The van der Waals surface area contributed by atoms with Crippen molar-refractivity contribution in [2.45, 2.75) is 83.6 Å². The lowest BCUT2D eigenvalue weighted by atomic mass is 9.89. The minimum Gasteiger partial charge on any atom is -0.263 e. The second-order valence-electron chi connectivity index (χ2n) is 8.98. The van der Waals surface area contributed by atoms with Crippen molar-refractivity contribution in [2.75, 3.05) is 4.31 Å². The summed E-state index contributed by atoms with van der Waals surface area (Å²) in [4.78, 5) is 0.519. The Morgan fingerprint density at radius 1 is 0.893 bits per heavy atom. The summed E-state index contributed by atoms with van der Waals surface area (Å²) >= 11 is 0. The molecular formula is C24H33NO2S. The molecule has 2 aromatic rings. The molecule has 0 spiro atoms. The molecule has 0 aliphatic carbocycles. The summed E-state index contributed by atoms with van der Waals surface area (Å²) < 4.78 is 29.8. The van der Waals surface area contributed by atoms with Crippen LogP contribution < -0.4 is 4.31 Å². The van der Waals surface area contributed by atoms with Gasteiger partial charge in [-0.2, -0.15) is 0 Å². The Bertz CT molecular complexity index is 945. The first-order valence-corrected chi connectivity index (χ1v) is 11.8. The molecule has 152 valence electrons. The topological polar surface area (TPSA) is 37.4 Å². The monoisotopic (exact) mass is 399 g/mol. The lowest BCUT2D eigenvalue weighted by molar-refractivity contribution is 0.579. The number of anilines is 1. The number of rotatable bonds is 5. The molecule has 28 heavy (non-hydrogen) atoms. The molecule has 4 heteroatoms. The number of benzene rings is 2. The molecule has 0 amide bonds. The summed E-state index contributed by atoms with van der Waals surface area (Å²) in [5, 5.41) is 0. The second-order valence-corrected chi connectivity index (χ2v) is 10.7. The van der Waals surface area contributed by atoms with Gasteiger partial charge < -0.3 is 0 Å². The molecule has 0 unspecified atom stereocenters. The molecule has 0 saturated carbocycles. The third-order valence-electron chi connectivity index (χ3n) is 5.74. The average molecular weight is 400 g/mol. The molecule has 3 nitrogen and oxygen atoms in total. The van der Waals surface area contributed by atoms with Crippen molar-refractivity contribution in [3.63, 3.8) is 0 Å². The van der Waals surface area contributed by atoms with Crippen LogP contribution in [0.1, 0.15) is 88.5 Å². The van der Waals surface area contributed by atoms with Gasteiger partial charge in [-0.25, -0.2) is 8.42 Å². The van der Waals surface area contributed by atoms with E-state index in [2.05, 4.69) is 53.7 Å². The molecule has 3 rings (SSSR count). The summed E-state index contributed by atoms with van der Waals surface area (Å²) in [6, 6.07) is 12.0. The molecule has 0 radical (unpaired) electrons. The number of hydrogen-bond acceptors (Lipinski definition) is 2. The van der Waals surface area contributed by atoms with Gasteiger partial charge in [-0.05, 0) is 59.4 Å². The van der Waals surface area contributed by atoms with Crippen LogP contribution in [0.25, 0.3) is 0 Å². The summed E-state index contributed by atoms with van der Waals surface area (Å²) in [5.41, 5.74) is 5.01. The van der Waals surface area contributed by atoms with Crippen molar-refractivity contribution < 1.29 is 8.42 Å². The van der Waals surface area contributed by atoms with Crippen molar-refractivity contribution in [3.05, 3.63) is 58.7 Å². The summed E-state index contributed by atoms with van der Waals surface area (Å²) in [5.74, 6) is 0.626. The van der Waals surface area contributed by atoms with Crippen LogP contribution >= 0.6 is 0 Å². The molecule has 1 aliphatic heterocycles. The van der Waals surface area contributed by atoms with E-state index >= 15 is 0 Å². The van der Waals surface area contributed by atoms with Gasteiger partial charge in [0.05, 0.1) is 10.6 Å². The van der Waals surface area contributed by atoms with E-state index in [1.807, 2.05) is 31.2 Å². The zero-order valence-electron chi connectivity index (χ0n) is 18.2. The van der Waals surface area contributed by atoms with E-state index in [1.165, 1.54) is 5.56 Å². The fourth-order valence-corrected chi connectivity index (χ4v) is 6.56. The Morgan fingerprint density at radius 2 is 1.43 bits per heavy atom. The molecule has 1 atom stereocenters. The summed E-state index contributed by atoms with van der Waals surface area (Å²) in [6.07, 6.45) is 0.757. The van der Waals surface area contributed by atoms with Gasteiger partial charge in [-0.3, -0.25) is 4.31 Å². The van der Waals surface area contributed by atoms with Crippen LogP contribution in [0.2, 0.25) is 0 Å². The highest BCUT2D eigenvalue weighted by Crippen LogP contribution is 2.41. The lowest BCUT2D eigenvalue weighted by Crippen LogP contribution is -2.37. The first-order valence-electron chi connectivity index (χ1n) is 10.4. The molecule has 2 aromatic carbocycles. The SMILES string of the molecule is CC(C)c1cc(C(C)C)c(S(=O)(=O)N2c3ccccc3C[C@H]2C)c(C(C)C)c1. The van der Waals surface area contributed by atoms with Crippen LogP contribution in [0, 0.1) is 0 Å². The number of nitrogens with zero attached hydrogens (tertiary/aromatic N) is 1. The number of sulfonamides is 1. The van der Waals surface area contributed by atoms with E-state index in [1.54, 1.807) is 4.31 Å². The van der Waals surface area contributed by atoms with E-state index < -0.39 is 10.0 Å². The Hall–Kier alpha value is -1.81. The normalized spacial score (nSPS) is 17.1. The molecule has 0 N–H and O–H groups in total. The molecule has 0 bridgehead atoms. The predicted molar refractivity (Wildman–Crippen MR) is 118 cm³/mol. The molecule has 0 aromatic heterocycles. The van der Waals surface area contributed by atoms with Gasteiger partial charge in [0.25, 0.3) is 10.0 Å². The largest absolute Gasteiger partial charge is 0.265 e. The standard InChI is InChI=1S/C24H33NO2S/c1-15(2)20-13-21(16(3)4)24(22(14-20)17(5)6)28(26,27)25-18(7)12-19-10-8-9-11-23(19)25/h8-11,13-18H,12H2,1-7H3/t18-/m1/s1. The maximum atomic E-state index is 14.1. The van der Waals surface area contributed by atoms with Gasteiger partial charge >= 0.3 is 0 Å². The van der Waals surface area contributed by atoms with E-state index in [-0.39, 0.29) is 17.9 Å². The molecule has 1 heterocycles. The van der Waals surface area contributed by atoms with Gasteiger partial charge in [0, 0.05) is 6.04 Å². The van der Waals surface area contributed by atoms with Crippen molar-refractivity contribution in [3.8, 4) is 0 Å². The van der Waals surface area contributed by atoms with Gasteiger partial charge in [0.15, 0.2) is 0 Å². The van der Waals surface area contributed by atoms with E-state index in [0.717, 1.165) is 28.8 Å². The first-order chi connectivity index (χ1) is 13.1. The minimum absolute atomic E-state index is 0.0767. The highest BCUT2D eigenvalue weighted by atomic mass is 32.2. The third-order valence-corrected chi connectivity index (χ3v) is 7.80. The third kappa shape index (κ3) is 3.47. The average Bonchev–Trinajstić information content (AvgIpc) is 2.96. The number of fused-ring (bicyclic) bond motifs is 1. The number of para-hydroxylation sites is 1. The predicted octanol–water partition coefficient (Wildman–Crippen LogP) is 6.20. The molecule has 1 aliphatic rings.